The van der Waals surface area contributed by atoms with Gasteiger partial charge in [-0.2, -0.15) is 0 Å². The fourth-order valence-electron chi connectivity index (χ4n) is 2.62. The second kappa shape index (κ2) is 18.5. The van der Waals surface area contributed by atoms with Crippen LogP contribution in [0.25, 0.3) is 0 Å². The van der Waals surface area contributed by atoms with Gasteiger partial charge in [0.05, 0.1) is 12.9 Å². The molecule has 0 radical (unpaired) electrons. The molecular formula is C18H40N8O2. The molecule has 0 aliphatic rings. The maximum atomic E-state index is 12.3. The maximum absolute atomic E-state index is 12.3. The van der Waals surface area contributed by atoms with Crippen LogP contribution in [0.5, 0.6) is 0 Å². The predicted molar refractivity (Wildman–Crippen MR) is 114 cm³/mol. The minimum Gasteiger partial charge on any atom is -0.352 e. The zero-order valence-corrected chi connectivity index (χ0v) is 17.3. The van der Waals surface area contributed by atoms with Crippen LogP contribution in [0.1, 0.15) is 51.9 Å². The van der Waals surface area contributed by atoms with Crippen LogP contribution in [0, 0.1) is 0 Å². The molecule has 0 aromatic heterocycles. The molecule has 164 valence electrons. The summed E-state index contributed by atoms with van der Waals surface area (Å²) in [6.45, 7) is 5.87. The molecule has 0 aromatic carbocycles. The van der Waals surface area contributed by atoms with E-state index in [0.29, 0.717) is 13.1 Å². The van der Waals surface area contributed by atoms with E-state index in [1.165, 1.54) is 6.34 Å². The Labute approximate surface area is 169 Å². The van der Waals surface area contributed by atoms with E-state index < -0.39 is 6.03 Å². The Morgan fingerprint density at radius 2 is 1.75 bits per heavy atom. The van der Waals surface area contributed by atoms with Crippen molar-refractivity contribution in [3.63, 3.8) is 0 Å². The van der Waals surface area contributed by atoms with E-state index >= 15 is 0 Å². The molecule has 10 heteroatoms. The van der Waals surface area contributed by atoms with Crippen molar-refractivity contribution in [2.75, 3.05) is 39.3 Å². The zero-order chi connectivity index (χ0) is 21.0. The third-order valence-electron chi connectivity index (χ3n) is 4.21. The normalized spacial score (nSPS) is 12.1. The first-order valence-electron chi connectivity index (χ1n) is 10.2. The molecule has 0 aliphatic heterocycles. The van der Waals surface area contributed by atoms with Crippen molar-refractivity contribution in [3.8, 4) is 0 Å². The van der Waals surface area contributed by atoms with Crippen LogP contribution in [0.3, 0.4) is 0 Å². The summed E-state index contributed by atoms with van der Waals surface area (Å²) in [6.07, 6.45) is 8.32. The van der Waals surface area contributed by atoms with Gasteiger partial charge < -0.3 is 32.4 Å². The van der Waals surface area contributed by atoms with Crippen LogP contribution < -0.4 is 33.4 Å². The van der Waals surface area contributed by atoms with E-state index in [-0.39, 0.29) is 18.5 Å². The summed E-state index contributed by atoms with van der Waals surface area (Å²) in [5.74, 6) is 5.01. The van der Waals surface area contributed by atoms with E-state index in [1.807, 2.05) is 11.8 Å². The van der Waals surface area contributed by atoms with Gasteiger partial charge in [0.25, 0.3) is 0 Å². The van der Waals surface area contributed by atoms with Gasteiger partial charge in [0.15, 0.2) is 0 Å². The third kappa shape index (κ3) is 17.5. The number of hydrazine groups is 1. The Morgan fingerprint density at radius 1 is 1.07 bits per heavy atom. The molecule has 0 rings (SSSR count). The number of nitrogens with two attached hydrogens (primary N) is 3. The van der Waals surface area contributed by atoms with Crippen molar-refractivity contribution >= 4 is 18.3 Å². The molecule has 0 bridgehead atoms. The number of nitrogens with zero attached hydrogens (tertiary/aromatic N) is 2. The standard InChI is InChI=1S/C18H40N8O2/c1-16(19)8-11-22-9-5-7-13-26(17(27)14-24-18(20)28)12-6-3-2-4-10-23-15-25-21/h15-16,22H,2-14,19,21H2,1H3,(H,23,25)(H3,20,24,28). The van der Waals surface area contributed by atoms with Gasteiger partial charge in [-0.3, -0.25) is 9.79 Å². The number of amides is 3. The Hall–Kier alpha value is -1.91. The lowest BCUT2D eigenvalue weighted by atomic mass is 10.2. The average Bonchev–Trinajstić information content (AvgIpc) is 2.65. The first kappa shape index (κ1) is 26.1. The number of aliphatic imine (C=N–C) groups is 1. The molecule has 0 aliphatic carbocycles. The topological polar surface area (TPSA) is 164 Å². The summed E-state index contributed by atoms with van der Waals surface area (Å²) >= 11 is 0. The number of rotatable bonds is 18. The summed E-state index contributed by atoms with van der Waals surface area (Å²) in [4.78, 5) is 29.1. The molecule has 0 saturated heterocycles. The van der Waals surface area contributed by atoms with E-state index in [1.54, 1.807) is 0 Å². The second-order valence-corrected chi connectivity index (χ2v) is 6.94. The quantitative estimate of drug-likeness (QED) is 0.0605. The predicted octanol–water partition coefficient (Wildman–Crippen LogP) is -0.358. The summed E-state index contributed by atoms with van der Waals surface area (Å²) in [5.41, 5.74) is 13.1. The molecule has 0 fully saturated rings. The van der Waals surface area contributed by atoms with Crippen LogP contribution >= 0.6 is 0 Å². The average molecular weight is 401 g/mol. The molecule has 1 atom stereocenters. The maximum Gasteiger partial charge on any atom is 0.312 e. The fraction of sp³-hybridized carbons (Fsp3) is 0.833. The first-order valence-corrected chi connectivity index (χ1v) is 10.2. The molecule has 3 amide bonds. The monoisotopic (exact) mass is 400 g/mol. The number of unbranched alkanes of at least 4 members (excludes halogenated alkanes) is 4. The van der Waals surface area contributed by atoms with Crippen LogP contribution in [-0.2, 0) is 4.79 Å². The minimum absolute atomic E-state index is 0.0528. The molecular weight excluding hydrogens is 360 g/mol. The zero-order valence-electron chi connectivity index (χ0n) is 17.3. The van der Waals surface area contributed by atoms with E-state index in [2.05, 4.69) is 21.1 Å². The SMILES string of the molecule is CC(N)CCNCCCCN(CCCCCCN=CNN)C(=O)CNC(N)=O. The summed E-state index contributed by atoms with van der Waals surface area (Å²) in [6, 6.07) is -0.471. The fourth-order valence-corrected chi connectivity index (χ4v) is 2.62. The second-order valence-electron chi connectivity index (χ2n) is 6.94. The molecule has 0 spiro atoms. The lowest BCUT2D eigenvalue weighted by Crippen LogP contribution is -2.42. The van der Waals surface area contributed by atoms with E-state index in [9.17, 15) is 9.59 Å². The van der Waals surface area contributed by atoms with Crippen molar-refractivity contribution in [2.24, 2.45) is 22.3 Å². The Bertz CT molecular complexity index is 432. The van der Waals surface area contributed by atoms with Gasteiger partial charge in [0, 0.05) is 25.7 Å². The van der Waals surface area contributed by atoms with Crippen LogP contribution in [0.4, 0.5) is 4.79 Å². The van der Waals surface area contributed by atoms with Crippen molar-refractivity contribution in [3.05, 3.63) is 0 Å². The Morgan fingerprint density at radius 3 is 2.39 bits per heavy atom. The lowest BCUT2D eigenvalue weighted by molar-refractivity contribution is -0.130. The number of primary amides is 1. The minimum atomic E-state index is -0.681. The van der Waals surface area contributed by atoms with Gasteiger partial charge in [-0.1, -0.05) is 12.8 Å². The van der Waals surface area contributed by atoms with Gasteiger partial charge in [-0.25, -0.2) is 10.6 Å². The lowest BCUT2D eigenvalue weighted by Gasteiger charge is -2.23. The molecule has 1 unspecified atom stereocenters. The van der Waals surface area contributed by atoms with E-state index in [0.717, 1.165) is 64.6 Å². The van der Waals surface area contributed by atoms with Gasteiger partial charge in [0.1, 0.15) is 0 Å². The largest absolute Gasteiger partial charge is 0.352 e. The number of hydrogen-bond donors (Lipinski definition) is 6. The number of urea groups is 1. The number of nitrogens with one attached hydrogen (secondary N) is 3. The number of carbonyl (C=O) groups is 2. The highest BCUT2D eigenvalue weighted by Crippen LogP contribution is 2.04. The molecule has 9 N–H and O–H groups in total. The van der Waals surface area contributed by atoms with E-state index in [4.69, 9.17) is 17.3 Å². The third-order valence-corrected chi connectivity index (χ3v) is 4.21. The molecule has 0 aromatic rings. The number of carbonyl (C=O) groups excluding carboxylic acids is 2. The summed E-state index contributed by atoms with van der Waals surface area (Å²) < 4.78 is 0. The van der Waals surface area contributed by atoms with Crippen molar-refractivity contribution in [1.82, 2.24) is 21.0 Å². The summed E-state index contributed by atoms with van der Waals surface area (Å²) in [5, 5.41) is 5.74. The molecule has 0 saturated carbocycles. The molecule has 10 nitrogen and oxygen atoms in total. The molecule has 0 heterocycles. The van der Waals surface area contributed by atoms with Gasteiger partial charge in [0.2, 0.25) is 5.91 Å². The smallest absolute Gasteiger partial charge is 0.312 e. The van der Waals surface area contributed by atoms with Crippen LogP contribution in [0.15, 0.2) is 4.99 Å². The highest BCUT2D eigenvalue weighted by atomic mass is 16.2. The Kier molecular flexibility index (Phi) is 17.2. The first-order chi connectivity index (χ1) is 13.5. The highest BCUT2D eigenvalue weighted by Gasteiger charge is 2.13. The highest BCUT2D eigenvalue weighted by molar-refractivity contribution is 5.83. The van der Waals surface area contributed by atoms with Gasteiger partial charge in [-0.15, -0.1) is 0 Å². The van der Waals surface area contributed by atoms with Crippen molar-refractivity contribution in [1.29, 1.82) is 0 Å². The number of hydrogen-bond acceptors (Lipinski definition) is 6. The Balaban J connectivity index is 4.05. The summed E-state index contributed by atoms with van der Waals surface area (Å²) in [7, 11) is 0. The van der Waals surface area contributed by atoms with Crippen molar-refractivity contribution < 1.29 is 9.59 Å². The van der Waals surface area contributed by atoms with Gasteiger partial charge >= 0.3 is 6.03 Å². The van der Waals surface area contributed by atoms with Crippen LogP contribution in [0.2, 0.25) is 0 Å². The van der Waals surface area contributed by atoms with Crippen LogP contribution in [-0.4, -0.2) is 68.5 Å². The van der Waals surface area contributed by atoms with Crippen molar-refractivity contribution in [2.45, 2.75) is 57.9 Å². The van der Waals surface area contributed by atoms with Gasteiger partial charge in [-0.05, 0) is 52.1 Å². The molecule has 28 heavy (non-hydrogen) atoms.